The lowest BCUT2D eigenvalue weighted by molar-refractivity contribution is -0.523. The largest absolute Gasteiger partial charge is 0.363 e. The molecule has 1 aromatic carbocycles. The van der Waals surface area contributed by atoms with Crippen LogP contribution in [0.25, 0.3) is 11.4 Å². The molecule has 0 saturated heterocycles. The second-order valence-corrected chi connectivity index (χ2v) is 8.34. The number of halogens is 1. The number of hydrogen-bond donors (Lipinski definition) is 1. The van der Waals surface area contributed by atoms with E-state index < -0.39 is 0 Å². The van der Waals surface area contributed by atoms with Gasteiger partial charge in [-0.25, -0.2) is 14.8 Å². The van der Waals surface area contributed by atoms with E-state index >= 15 is 0 Å². The van der Waals surface area contributed by atoms with Crippen molar-refractivity contribution in [1.82, 2.24) is 19.7 Å². The third-order valence-corrected chi connectivity index (χ3v) is 6.02. The van der Waals surface area contributed by atoms with Gasteiger partial charge in [0.05, 0.1) is 18.4 Å². The van der Waals surface area contributed by atoms with Gasteiger partial charge in [-0.3, -0.25) is 10.00 Å². The minimum absolute atomic E-state index is 0.0335. The van der Waals surface area contributed by atoms with E-state index in [0.29, 0.717) is 10.9 Å². The highest BCUT2D eigenvalue weighted by molar-refractivity contribution is 9.10. The molecule has 0 saturated carbocycles. The molecular weight excluding hydrogens is 426 g/mol. The van der Waals surface area contributed by atoms with Crippen LogP contribution in [0, 0.1) is 0 Å². The molecule has 2 aromatic heterocycles. The molecule has 27 heavy (non-hydrogen) atoms. The molecule has 3 aromatic rings. The maximum absolute atomic E-state index is 12.3. The Hall–Kier alpha value is -2.03. The van der Waals surface area contributed by atoms with Gasteiger partial charge in [0, 0.05) is 28.2 Å². The van der Waals surface area contributed by atoms with Crippen LogP contribution in [0.1, 0.15) is 28.0 Å². The van der Waals surface area contributed by atoms with Crippen molar-refractivity contribution in [2.45, 2.75) is 29.3 Å². The number of benzene rings is 1. The van der Waals surface area contributed by atoms with Gasteiger partial charge >= 0.3 is 5.91 Å². The van der Waals surface area contributed by atoms with Crippen molar-refractivity contribution < 1.29 is 10.1 Å². The highest BCUT2D eigenvalue weighted by Gasteiger charge is 2.28. The summed E-state index contributed by atoms with van der Waals surface area (Å²) < 4.78 is 2.83. The molecule has 2 N–H and O–H groups in total. The molecule has 4 rings (SSSR count). The molecule has 1 amide bonds. The molecule has 8 heteroatoms. The van der Waals surface area contributed by atoms with Gasteiger partial charge in [-0.1, -0.05) is 15.9 Å². The maximum Gasteiger partial charge on any atom is 0.363 e. The number of primary amides is 1. The zero-order chi connectivity index (χ0) is 19.0. The Labute approximate surface area is 169 Å². The van der Waals surface area contributed by atoms with Crippen LogP contribution in [0.3, 0.4) is 0 Å². The van der Waals surface area contributed by atoms with Crippen LogP contribution >= 0.6 is 27.7 Å². The predicted molar refractivity (Wildman–Crippen MR) is 107 cm³/mol. The standard InChI is InChI=1S/C19H18BrN5OS/c1-21-18(26)16-14-5-3-4-11-10-22-19(23-15(11)17(14)25(2)24-16)27-13-8-6-12(20)7-9-13/h6-10H,3-5H2,1-2H3,(H,21,26)/p+1. The van der Waals surface area contributed by atoms with E-state index in [4.69, 9.17) is 4.98 Å². The number of nitrogens with zero attached hydrogens (tertiary/aromatic N) is 4. The molecule has 0 fully saturated rings. The first-order chi connectivity index (χ1) is 13.1. The Bertz CT molecular complexity index is 1020. The molecule has 0 aliphatic heterocycles. The summed E-state index contributed by atoms with van der Waals surface area (Å²) in [6.07, 6.45) is 4.59. The summed E-state index contributed by atoms with van der Waals surface area (Å²) in [5.41, 5.74) is 4.48. The summed E-state index contributed by atoms with van der Waals surface area (Å²) in [6.45, 7) is 0. The lowest BCUT2D eigenvalue weighted by atomic mass is 10.1. The second kappa shape index (κ2) is 7.53. The molecule has 0 radical (unpaired) electrons. The van der Waals surface area contributed by atoms with Crippen LogP contribution in [0.2, 0.25) is 0 Å². The summed E-state index contributed by atoms with van der Waals surface area (Å²) in [7, 11) is 3.63. The first-order valence-electron chi connectivity index (χ1n) is 8.76. The van der Waals surface area contributed by atoms with Crippen molar-refractivity contribution in [1.29, 1.82) is 0 Å². The van der Waals surface area contributed by atoms with E-state index in [1.165, 1.54) is 11.8 Å². The Morgan fingerprint density at radius 1 is 1.26 bits per heavy atom. The SMILES string of the molecule is C[NH2+]C(=O)c1nn(C)c2c1CCCc1cnc(Sc3ccc(Br)cc3)nc1-2. The van der Waals surface area contributed by atoms with Gasteiger partial charge in [0.25, 0.3) is 0 Å². The van der Waals surface area contributed by atoms with Crippen LogP contribution in [0.5, 0.6) is 0 Å². The maximum atomic E-state index is 12.3. The quantitative estimate of drug-likeness (QED) is 0.628. The second-order valence-electron chi connectivity index (χ2n) is 6.39. The molecular formula is C19H19BrN5OS+. The van der Waals surface area contributed by atoms with Crippen molar-refractivity contribution in [3.8, 4) is 11.4 Å². The van der Waals surface area contributed by atoms with Crippen molar-refractivity contribution in [3.63, 3.8) is 0 Å². The molecule has 6 nitrogen and oxygen atoms in total. The van der Waals surface area contributed by atoms with Gasteiger partial charge in [0.15, 0.2) is 10.9 Å². The highest BCUT2D eigenvalue weighted by Crippen LogP contribution is 2.34. The van der Waals surface area contributed by atoms with Crippen LogP contribution in [0.15, 0.2) is 45.0 Å². The van der Waals surface area contributed by atoms with Gasteiger partial charge in [-0.05, 0) is 60.9 Å². The first-order valence-corrected chi connectivity index (χ1v) is 10.4. The molecule has 0 bridgehead atoms. The number of amides is 1. The molecule has 0 spiro atoms. The number of carbonyl (C=O) groups excluding carboxylic acids is 1. The summed E-state index contributed by atoms with van der Waals surface area (Å²) in [6, 6.07) is 8.08. The van der Waals surface area contributed by atoms with E-state index in [1.54, 1.807) is 17.0 Å². The van der Waals surface area contributed by atoms with Crippen molar-refractivity contribution in [2.75, 3.05) is 7.05 Å². The van der Waals surface area contributed by atoms with Crippen molar-refractivity contribution >= 4 is 33.6 Å². The van der Waals surface area contributed by atoms with Gasteiger partial charge < -0.3 is 0 Å². The lowest BCUT2D eigenvalue weighted by Crippen LogP contribution is -2.84. The monoisotopic (exact) mass is 444 g/mol. The average molecular weight is 445 g/mol. The number of nitrogens with two attached hydrogens (primary N) is 1. The summed E-state index contributed by atoms with van der Waals surface area (Å²) >= 11 is 4.98. The number of aromatic nitrogens is 4. The number of hydrogen-bond acceptors (Lipinski definition) is 5. The molecule has 0 unspecified atom stereocenters. The highest BCUT2D eigenvalue weighted by atomic mass is 79.9. The van der Waals surface area contributed by atoms with Crippen molar-refractivity contribution in [3.05, 3.63) is 51.8 Å². The average Bonchev–Trinajstić information content (AvgIpc) is 2.88. The minimum atomic E-state index is -0.0335. The van der Waals surface area contributed by atoms with Gasteiger partial charge in [-0.15, -0.1) is 0 Å². The van der Waals surface area contributed by atoms with E-state index in [9.17, 15) is 4.79 Å². The predicted octanol–water partition coefficient (Wildman–Crippen LogP) is 2.61. The van der Waals surface area contributed by atoms with E-state index in [1.807, 2.05) is 37.5 Å². The number of aryl methyl sites for hydroxylation is 2. The topological polar surface area (TPSA) is 77.3 Å². The zero-order valence-electron chi connectivity index (χ0n) is 15.1. The lowest BCUT2D eigenvalue weighted by Gasteiger charge is -2.09. The third kappa shape index (κ3) is 3.56. The summed E-state index contributed by atoms with van der Waals surface area (Å²) in [4.78, 5) is 22.8. The molecule has 138 valence electrons. The Kier molecular flexibility index (Phi) is 5.12. The van der Waals surface area contributed by atoms with Crippen LogP contribution in [0.4, 0.5) is 0 Å². The van der Waals surface area contributed by atoms with Crippen LogP contribution < -0.4 is 5.32 Å². The smallest absolute Gasteiger partial charge is 0.280 e. The number of rotatable bonds is 3. The Morgan fingerprint density at radius 3 is 2.78 bits per heavy atom. The van der Waals surface area contributed by atoms with E-state index in [2.05, 4.69) is 26.0 Å². The van der Waals surface area contributed by atoms with E-state index in [0.717, 1.165) is 51.1 Å². The zero-order valence-corrected chi connectivity index (χ0v) is 17.5. The number of quaternary nitrogens is 1. The number of carbonyl (C=O) groups is 1. The summed E-state index contributed by atoms with van der Waals surface area (Å²) in [5.74, 6) is -0.0335. The molecule has 2 heterocycles. The molecule has 1 aliphatic rings. The Morgan fingerprint density at radius 2 is 2.04 bits per heavy atom. The van der Waals surface area contributed by atoms with Crippen LogP contribution in [-0.2, 0) is 19.9 Å². The fourth-order valence-electron chi connectivity index (χ4n) is 3.33. The van der Waals surface area contributed by atoms with Crippen LogP contribution in [-0.4, -0.2) is 32.7 Å². The minimum Gasteiger partial charge on any atom is -0.280 e. The van der Waals surface area contributed by atoms with Crippen molar-refractivity contribution in [2.24, 2.45) is 7.05 Å². The number of fused-ring (bicyclic) bond motifs is 3. The fraction of sp³-hybridized carbons (Fsp3) is 0.263. The summed E-state index contributed by atoms with van der Waals surface area (Å²) in [5, 5.41) is 6.76. The Balaban J connectivity index is 1.78. The van der Waals surface area contributed by atoms with Gasteiger partial charge in [0.2, 0.25) is 0 Å². The first kappa shape index (κ1) is 18.3. The van der Waals surface area contributed by atoms with Gasteiger partial charge in [0.1, 0.15) is 0 Å². The normalized spacial score (nSPS) is 13.0. The fourth-order valence-corrected chi connectivity index (χ4v) is 4.32. The van der Waals surface area contributed by atoms with E-state index in [-0.39, 0.29) is 5.91 Å². The molecule has 1 aliphatic carbocycles. The third-order valence-electron chi connectivity index (χ3n) is 4.60. The molecule has 0 atom stereocenters. The van der Waals surface area contributed by atoms with Gasteiger partial charge in [-0.2, -0.15) is 5.10 Å².